The predicted molar refractivity (Wildman–Crippen MR) is 128 cm³/mol. The highest BCUT2D eigenvalue weighted by atomic mass is 79.9. The van der Waals surface area contributed by atoms with Crippen molar-refractivity contribution >= 4 is 49.5 Å². The van der Waals surface area contributed by atoms with Crippen LogP contribution in [0.25, 0.3) is 0 Å². The number of nitrogens with two attached hydrogens (primary N) is 1. The van der Waals surface area contributed by atoms with Gasteiger partial charge in [-0.1, -0.05) is 30.3 Å². The number of anilines is 1. The number of hydrogen-bond acceptors (Lipinski definition) is 9. The van der Waals surface area contributed by atoms with Crippen LogP contribution in [0.5, 0.6) is 11.5 Å². The molecule has 2 heterocycles. The summed E-state index contributed by atoms with van der Waals surface area (Å²) < 4.78 is 46.7. The summed E-state index contributed by atoms with van der Waals surface area (Å²) >= 11 is 6.48. The molecule has 186 valence electrons. The summed E-state index contributed by atoms with van der Waals surface area (Å²) in [6.07, 6.45) is -3.94. The van der Waals surface area contributed by atoms with Gasteiger partial charge in [0.05, 0.1) is 47.5 Å². The number of nitrogens with zero attached hydrogens (tertiary/aromatic N) is 2. The molecule has 0 spiro atoms. The minimum Gasteiger partial charge on any atom is -0.466 e. The number of alkyl halides is 2. The number of hydrogen-bond donors (Lipinski definition) is 1. The maximum Gasteiger partial charge on any atom is 0.586 e. The monoisotopic (exact) mass is 625 g/mol. The van der Waals surface area contributed by atoms with Gasteiger partial charge in [-0.3, -0.25) is 4.90 Å². The van der Waals surface area contributed by atoms with Gasteiger partial charge in [0.1, 0.15) is 11.5 Å². The Morgan fingerprint density at radius 2 is 1.78 bits per heavy atom. The molecule has 0 radical (unpaired) electrons. The SMILES string of the molecule is COC(=O)C1=C(C(=O)OC)N(c2c(Br)cc3c(c2Br)OC(F)(F)O3)C(N)=C(C#N)C1c1ccccc1. The number of methoxy groups -OCH3 is 2. The summed E-state index contributed by atoms with van der Waals surface area (Å²) in [5.74, 6) is -3.98. The number of allylic oxidation sites excluding steroid dienone is 1. The van der Waals surface area contributed by atoms with Crippen molar-refractivity contribution in [1.82, 2.24) is 0 Å². The lowest BCUT2D eigenvalue weighted by Crippen LogP contribution is -2.41. The van der Waals surface area contributed by atoms with Gasteiger partial charge >= 0.3 is 18.2 Å². The number of ether oxygens (including phenoxy) is 4. The number of nitriles is 1. The average Bonchev–Trinajstić information content (AvgIpc) is 3.17. The summed E-state index contributed by atoms with van der Waals surface area (Å²) in [5, 5.41) is 10.1. The Morgan fingerprint density at radius 3 is 2.36 bits per heavy atom. The van der Waals surface area contributed by atoms with Crippen LogP contribution in [0.4, 0.5) is 14.5 Å². The maximum atomic E-state index is 13.8. The molecule has 36 heavy (non-hydrogen) atoms. The Bertz CT molecular complexity index is 1390. The van der Waals surface area contributed by atoms with Crippen LogP contribution >= 0.6 is 31.9 Å². The zero-order valence-corrected chi connectivity index (χ0v) is 21.6. The highest BCUT2D eigenvalue weighted by Crippen LogP contribution is 2.55. The Morgan fingerprint density at radius 1 is 1.14 bits per heavy atom. The fourth-order valence-corrected chi connectivity index (χ4v) is 5.48. The summed E-state index contributed by atoms with van der Waals surface area (Å²) in [6.45, 7) is 0. The lowest BCUT2D eigenvalue weighted by atomic mass is 9.81. The van der Waals surface area contributed by atoms with Crippen molar-refractivity contribution in [1.29, 1.82) is 5.26 Å². The summed E-state index contributed by atoms with van der Waals surface area (Å²) in [5.41, 5.74) is 6.15. The average molecular weight is 627 g/mol. The molecule has 9 nitrogen and oxygen atoms in total. The van der Waals surface area contributed by atoms with Crippen LogP contribution in [0, 0.1) is 11.3 Å². The molecule has 1 unspecified atom stereocenters. The number of carbonyl (C=O) groups excluding carboxylic acids is 2. The Labute approximate surface area is 219 Å². The van der Waals surface area contributed by atoms with E-state index in [1.165, 1.54) is 6.07 Å². The van der Waals surface area contributed by atoms with Gasteiger partial charge in [0.15, 0.2) is 11.5 Å². The fraction of sp³-hybridized carbons (Fsp3) is 0.174. The molecule has 1 atom stereocenters. The molecule has 13 heteroatoms. The van der Waals surface area contributed by atoms with E-state index in [0.29, 0.717) is 5.56 Å². The Kier molecular flexibility index (Phi) is 6.68. The molecule has 0 aromatic heterocycles. The molecule has 0 fully saturated rings. The molecule has 0 aliphatic carbocycles. The van der Waals surface area contributed by atoms with E-state index in [2.05, 4.69) is 41.3 Å². The van der Waals surface area contributed by atoms with E-state index in [9.17, 15) is 23.6 Å². The first-order valence-corrected chi connectivity index (χ1v) is 11.6. The molecule has 0 bridgehead atoms. The molecule has 2 aliphatic heterocycles. The molecule has 0 saturated heterocycles. The first-order chi connectivity index (χ1) is 17.1. The largest absolute Gasteiger partial charge is 0.586 e. The quantitative estimate of drug-likeness (QED) is 0.491. The van der Waals surface area contributed by atoms with Gasteiger partial charge in [-0.05, 0) is 37.4 Å². The highest BCUT2D eigenvalue weighted by molar-refractivity contribution is 9.11. The predicted octanol–water partition coefficient (Wildman–Crippen LogP) is 4.43. The van der Waals surface area contributed by atoms with Crippen molar-refractivity contribution in [2.75, 3.05) is 19.1 Å². The van der Waals surface area contributed by atoms with Crippen LogP contribution < -0.4 is 20.1 Å². The van der Waals surface area contributed by atoms with Crippen LogP contribution in [0.15, 0.2) is 68.0 Å². The number of fused-ring (bicyclic) bond motifs is 1. The maximum absolute atomic E-state index is 13.8. The van der Waals surface area contributed by atoms with Gasteiger partial charge in [0.25, 0.3) is 0 Å². The Hall–Kier alpha value is -3.63. The number of carbonyl (C=O) groups is 2. The smallest absolute Gasteiger partial charge is 0.466 e. The van der Waals surface area contributed by atoms with Gasteiger partial charge in [-0.25, -0.2) is 9.59 Å². The van der Waals surface area contributed by atoms with Gasteiger partial charge < -0.3 is 24.7 Å². The molecule has 4 rings (SSSR count). The van der Waals surface area contributed by atoms with E-state index in [-0.39, 0.29) is 43.0 Å². The van der Waals surface area contributed by atoms with Crippen molar-refractivity contribution in [2.45, 2.75) is 12.2 Å². The molecule has 2 aromatic rings. The Balaban J connectivity index is 2.09. The van der Waals surface area contributed by atoms with Crippen molar-refractivity contribution in [3.63, 3.8) is 0 Å². The van der Waals surface area contributed by atoms with Gasteiger partial charge in [-0.15, -0.1) is 8.78 Å². The normalized spacial score (nSPS) is 18.1. The lowest BCUT2D eigenvalue weighted by molar-refractivity contribution is -0.286. The number of benzene rings is 2. The molecule has 2 aromatic carbocycles. The van der Waals surface area contributed by atoms with Crippen molar-refractivity contribution < 1.29 is 37.3 Å². The van der Waals surface area contributed by atoms with Crippen LogP contribution in [-0.4, -0.2) is 32.5 Å². The van der Waals surface area contributed by atoms with Crippen molar-refractivity contribution in [3.05, 3.63) is 73.6 Å². The van der Waals surface area contributed by atoms with Gasteiger partial charge in [-0.2, -0.15) is 5.26 Å². The van der Waals surface area contributed by atoms with Gasteiger partial charge in [0.2, 0.25) is 0 Å². The highest BCUT2D eigenvalue weighted by Gasteiger charge is 2.48. The fourth-order valence-electron chi connectivity index (χ4n) is 3.96. The van der Waals surface area contributed by atoms with E-state index in [1.54, 1.807) is 30.3 Å². The van der Waals surface area contributed by atoms with Gasteiger partial charge in [0, 0.05) is 10.5 Å². The summed E-state index contributed by atoms with van der Waals surface area (Å²) in [7, 11) is 2.20. The first kappa shape index (κ1) is 25.5. The van der Waals surface area contributed by atoms with Crippen molar-refractivity contribution in [3.8, 4) is 17.6 Å². The number of rotatable bonds is 4. The van der Waals surface area contributed by atoms with E-state index < -0.39 is 29.9 Å². The zero-order valence-electron chi connectivity index (χ0n) is 18.5. The lowest BCUT2D eigenvalue weighted by Gasteiger charge is -2.36. The third-order valence-corrected chi connectivity index (χ3v) is 6.74. The summed E-state index contributed by atoms with van der Waals surface area (Å²) in [4.78, 5) is 27.3. The second-order valence-electron chi connectivity index (χ2n) is 7.35. The molecule has 2 N–H and O–H groups in total. The second-order valence-corrected chi connectivity index (χ2v) is 9.00. The van der Waals surface area contributed by atoms with Crippen LogP contribution in [0.1, 0.15) is 11.5 Å². The minimum absolute atomic E-state index is 0.0337. The van der Waals surface area contributed by atoms with Crippen molar-refractivity contribution in [2.24, 2.45) is 5.73 Å². The third-order valence-electron chi connectivity index (χ3n) is 5.40. The second kappa shape index (κ2) is 9.44. The molecular formula is C23H15Br2F2N3O6. The van der Waals surface area contributed by atoms with E-state index in [0.717, 1.165) is 19.1 Å². The third kappa shape index (κ3) is 4.06. The van der Waals surface area contributed by atoms with E-state index in [1.807, 2.05) is 6.07 Å². The molecule has 0 saturated carbocycles. The van der Waals surface area contributed by atoms with Crippen LogP contribution in [0.3, 0.4) is 0 Å². The van der Waals surface area contributed by atoms with Crippen LogP contribution in [0.2, 0.25) is 0 Å². The summed E-state index contributed by atoms with van der Waals surface area (Å²) in [6, 6.07) is 11.6. The topological polar surface area (TPSA) is 124 Å². The van der Waals surface area contributed by atoms with Crippen LogP contribution in [-0.2, 0) is 19.1 Å². The number of halogens is 4. The minimum atomic E-state index is -3.94. The molecule has 0 amide bonds. The first-order valence-electron chi connectivity index (χ1n) is 9.99. The van der Waals surface area contributed by atoms with E-state index in [4.69, 9.17) is 15.2 Å². The number of esters is 2. The standard InChI is InChI=1S/C23H15Br2F2N3O6/c1-33-21(31)15-14(10-6-4-3-5-7-10)11(9-28)20(29)30(18(15)22(32)34-2)17-12(24)8-13-19(16(17)25)36-23(26,27)35-13/h3-8,14H,29H2,1-2H3. The van der Waals surface area contributed by atoms with E-state index >= 15 is 0 Å². The zero-order chi connectivity index (χ0) is 26.4. The molecular weight excluding hydrogens is 612 g/mol. The molecule has 2 aliphatic rings.